The summed E-state index contributed by atoms with van der Waals surface area (Å²) in [6, 6.07) is 5.09. The van der Waals surface area contributed by atoms with Crippen LogP contribution in [0.25, 0.3) is 6.08 Å². The highest BCUT2D eigenvalue weighted by Gasteiger charge is 2.26. The zero-order valence-electron chi connectivity index (χ0n) is 17.2. The van der Waals surface area contributed by atoms with E-state index >= 15 is 0 Å². The zero-order valence-corrected chi connectivity index (χ0v) is 17.9. The average Bonchev–Trinajstić information content (AvgIpc) is 3.18. The van der Waals surface area contributed by atoms with Crippen molar-refractivity contribution in [1.82, 2.24) is 15.0 Å². The normalized spacial score (nSPS) is 14.3. The van der Waals surface area contributed by atoms with Gasteiger partial charge in [-0.2, -0.15) is 0 Å². The van der Waals surface area contributed by atoms with Crippen molar-refractivity contribution in [2.75, 3.05) is 39.9 Å². The van der Waals surface area contributed by atoms with Crippen LogP contribution in [-0.4, -0.2) is 66.7 Å². The molecule has 1 aliphatic rings. The van der Waals surface area contributed by atoms with E-state index in [1.54, 1.807) is 41.0 Å². The number of aromatic nitrogens is 1. The van der Waals surface area contributed by atoms with Crippen molar-refractivity contribution in [1.29, 1.82) is 0 Å². The minimum atomic E-state index is -0.213. The van der Waals surface area contributed by atoms with Crippen LogP contribution in [0.15, 0.2) is 28.8 Å². The predicted molar refractivity (Wildman–Crippen MR) is 112 cm³/mol. The molecule has 2 aromatic rings. The molecule has 0 spiro atoms. The van der Waals surface area contributed by atoms with Gasteiger partial charge in [0, 0.05) is 38.3 Å². The maximum absolute atomic E-state index is 12.6. The predicted octanol–water partition coefficient (Wildman–Crippen LogP) is 3.04. The van der Waals surface area contributed by atoms with E-state index in [-0.39, 0.29) is 17.6 Å². The Labute approximate surface area is 180 Å². The topological polar surface area (TPSA) is 85.1 Å². The number of benzene rings is 1. The number of hydrogen-bond acceptors (Lipinski definition) is 6. The number of carbonyl (C=O) groups excluding carboxylic acids is 2. The molecule has 2 amide bonds. The summed E-state index contributed by atoms with van der Waals surface area (Å²) in [6.07, 6.45) is 3.18. The number of ether oxygens (including phenoxy) is 2. The third kappa shape index (κ3) is 4.94. The van der Waals surface area contributed by atoms with Gasteiger partial charge >= 0.3 is 0 Å². The fourth-order valence-electron chi connectivity index (χ4n) is 3.17. The summed E-state index contributed by atoms with van der Waals surface area (Å²) in [4.78, 5) is 28.3. The molecule has 2 heterocycles. The summed E-state index contributed by atoms with van der Waals surface area (Å²) in [5.74, 6) is 0.852. The van der Waals surface area contributed by atoms with Crippen molar-refractivity contribution in [3.8, 4) is 11.5 Å². The van der Waals surface area contributed by atoms with E-state index in [0.717, 1.165) is 5.56 Å². The fourth-order valence-corrected chi connectivity index (χ4v) is 3.46. The van der Waals surface area contributed by atoms with Crippen molar-refractivity contribution >= 4 is 29.5 Å². The smallest absolute Gasteiger partial charge is 0.292 e. The van der Waals surface area contributed by atoms with Crippen LogP contribution >= 0.6 is 11.6 Å². The standard InChI is InChI=1S/C21H24ClN3O5/c1-4-29-17-13-15(12-16(22)20(17)28-3)5-6-19(26)24-7-9-25(10-8-24)21(27)18-11-14(2)23-30-18/h5-6,11-13H,4,7-10H2,1-3H3/b6-5+. The molecular weight excluding hydrogens is 410 g/mol. The Morgan fingerprint density at radius 1 is 1.20 bits per heavy atom. The van der Waals surface area contributed by atoms with Crippen molar-refractivity contribution in [3.63, 3.8) is 0 Å². The lowest BCUT2D eigenvalue weighted by molar-refractivity contribution is -0.127. The molecule has 9 heteroatoms. The van der Waals surface area contributed by atoms with Crippen molar-refractivity contribution in [3.05, 3.63) is 46.3 Å². The molecule has 0 saturated carbocycles. The Bertz CT molecular complexity index is 948. The molecule has 1 aromatic carbocycles. The molecule has 0 bridgehead atoms. The number of hydrogen-bond donors (Lipinski definition) is 0. The van der Waals surface area contributed by atoms with E-state index in [4.69, 9.17) is 25.6 Å². The van der Waals surface area contributed by atoms with E-state index in [9.17, 15) is 9.59 Å². The summed E-state index contributed by atoms with van der Waals surface area (Å²) >= 11 is 6.25. The first-order valence-electron chi connectivity index (χ1n) is 9.62. The van der Waals surface area contributed by atoms with Crippen molar-refractivity contribution < 1.29 is 23.6 Å². The maximum atomic E-state index is 12.6. The Morgan fingerprint density at radius 3 is 2.50 bits per heavy atom. The highest BCUT2D eigenvalue weighted by atomic mass is 35.5. The lowest BCUT2D eigenvalue weighted by Gasteiger charge is -2.33. The summed E-state index contributed by atoms with van der Waals surface area (Å²) in [6.45, 7) is 5.84. The Morgan fingerprint density at radius 2 is 1.90 bits per heavy atom. The number of carbonyl (C=O) groups is 2. The molecule has 160 valence electrons. The summed E-state index contributed by atoms with van der Waals surface area (Å²) in [5.41, 5.74) is 1.38. The Kier molecular flexibility index (Phi) is 6.99. The van der Waals surface area contributed by atoms with Gasteiger partial charge in [-0.3, -0.25) is 9.59 Å². The molecule has 3 rings (SSSR count). The van der Waals surface area contributed by atoms with Gasteiger partial charge in [-0.1, -0.05) is 16.8 Å². The van der Waals surface area contributed by atoms with Gasteiger partial charge in [-0.05, 0) is 37.6 Å². The van der Waals surface area contributed by atoms with Crippen LogP contribution < -0.4 is 9.47 Å². The van der Waals surface area contributed by atoms with Crippen LogP contribution in [0, 0.1) is 6.92 Å². The van der Waals surface area contributed by atoms with Crippen LogP contribution in [-0.2, 0) is 4.79 Å². The first kappa shape index (κ1) is 21.7. The Hall–Kier alpha value is -3.00. The largest absolute Gasteiger partial charge is 0.491 e. The Balaban J connectivity index is 1.60. The lowest BCUT2D eigenvalue weighted by atomic mass is 10.1. The van der Waals surface area contributed by atoms with Gasteiger partial charge in [0.05, 0.1) is 24.4 Å². The summed E-state index contributed by atoms with van der Waals surface area (Å²) in [5, 5.41) is 4.15. The number of piperazine rings is 1. The second-order valence-electron chi connectivity index (χ2n) is 6.75. The van der Waals surface area contributed by atoms with Gasteiger partial charge in [0.25, 0.3) is 5.91 Å². The number of rotatable bonds is 6. The van der Waals surface area contributed by atoms with E-state index < -0.39 is 0 Å². The second kappa shape index (κ2) is 9.67. The summed E-state index contributed by atoms with van der Waals surface area (Å²) < 4.78 is 15.9. The first-order chi connectivity index (χ1) is 14.4. The average molecular weight is 434 g/mol. The van der Waals surface area contributed by atoms with Gasteiger partial charge in [0.15, 0.2) is 11.5 Å². The molecule has 30 heavy (non-hydrogen) atoms. The maximum Gasteiger partial charge on any atom is 0.292 e. The molecule has 8 nitrogen and oxygen atoms in total. The molecule has 1 aliphatic heterocycles. The zero-order chi connectivity index (χ0) is 21.7. The molecule has 0 aliphatic carbocycles. The van der Waals surface area contributed by atoms with E-state index in [0.29, 0.717) is 55.0 Å². The van der Waals surface area contributed by atoms with Gasteiger partial charge in [0.1, 0.15) is 0 Å². The number of nitrogens with zero attached hydrogens (tertiary/aromatic N) is 3. The second-order valence-corrected chi connectivity index (χ2v) is 7.16. The number of halogens is 1. The van der Waals surface area contributed by atoms with Crippen LogP contribution in [0.4, 0.5) is 0 Å². The number of aryl methyl sites for hydroxylation is 1. The van der Waals surface area contributed by atoms with Crippen LogP contribution in [0.3, 0.4) is 0 Å². The molecule has 0 radical (unpaired) electrons. The molecule has 1 fully saturated rings. The highest BCUT2D eigenvalue weighted by molar-refractivity contribution is 6.32. The lowest BCUT2D eigenvalue weighted by Crippen LogP contribution is -2.50. The minimum Gasteiger partial charge on any atom is -0.491 e. The van der Waals surface area contributed by atoms with Crippen molar-refractivity contribution in [2.24, 2.45) is 0 Å². The molecule has 1 saturated heterocycles. The molecule has 0 atom stereocenters. The first-order valence-corrected chi connectivity index (χ1v) is 10.0. The third-order valence-corrected chi connectivity index (χ3v) is 4.95. The molecular formula is C21H24ClN3O5. The van der Waals surface area contributed by atoms with Crippen molar-refractivity contribution in [2.45, 2.75) is 13.8 Å². The fraction of sp³-hybridized carbons (Fsp3) is 0.381. The highest BCUT2D eigenvalue weighted by Crippen LogP contribution is 2.36. The van der Waals surface area contributed by atoms with E-state index in [2.05, 4.69) is 5.16 Å². The molecule has 1 aromatic heterocycles. The van der Waals surface area contributed by atoms with E-state index in [1.165, 1.54) is 13.2 Å². The number of amides is 2. The van der Waals surface area contributed by atoms with Crippen LogP contribution in [0.5, 0.6) is 11.5 Å². The molecule has 0 N–H and O–H groups in total. The van der Waals surface area contributed by atoms with E-state index in [1.807, 2.05) is 6.92 Å². The van der Waals surface area contributed by atoms with Gasteiger partial charge in [-0.25, -0.2) is 0 Å². The van der Waals surface area contributed by atoms with Crippen LogP contribution in [0.1, 0.15) is 28.7 Å². The van der Waals surface area contributed by atoms with Gasteiger partial charge in [-0.15, -0.1) is 0 Å². The quantitative estimate of drug-likeness (QED) is 0.651. The van der Waals surface area contributed by atoms with Gasteiger partial charge in [0.2, 0.25) is 11.7 Å². The molecule has 0 unspecified atom stereocenters. The third-order valence-electron chi connectivity index (χ3n) is 4.67. The SMILES string of the molecule is CCOc1cc(/C=C/C(=O)N2CCN(C(=O)c3cc(C)no3)CC2)cc(Cl)c1OC. The number of methoxy groups -OCH3 is 1. The minimum absolute atomic E-state index is 0.137. The van der Waals surface area contributed by atoms with Gasteiger partial charge < -0.3 is 23.8 Å². The van der Waals surface area contributed by atoms with Crippen LogP contribution in [0.2, 0.25) is 5.02 Å². The summed E-state index contributed by atoms with van der Waals surface area (Å²) in [7, 11) is 1.52. The monoisotopic (exact) mass is 433 g/mol.